The van der Waals surface area contributed by atoms with Crippen molar-refractivity contribution in [2.24, 2.45) is 5.92 Å². The molecule has 0 saturated heterocycles. The molecular formula is C24H30FN3O3S. The van der Waals surface area contributed by atoms with Crippen LogP contribution in [0.5, 0.6) is 5.75 Å². The van der Waals surface area contributed by atoms with Crippen LogP contribution in [0.2, 0.25) is 0 Å². The standard InChI is InChI=1S/C24H30FN3O3S/c1-16(2)26-24(30)27(13-17-3-4-17)14-23(29)28-11-9-22-20(10-12-32-22)21(28)15-31-19-7-5-18(25)6-8-19/h5-8,10,12,16-17,21H,3-4,9,11,13-15H2,1-2H3,(H,26,30). The fourth-order valence-electron chi connectivity index (χ4n) is 4.00. The van der Waals surface area contributed by atoms with E-state index in [9.17, 15) is 14.0 Å². The second kappa shape index (κ2) is 9.90. The highest BCUT2D eigenvalue weighted by Crippen LogP contribution is 2.34. The molecule has 1 unspecified atom stereocenters. The second-order valence-corrected chi connectivity index (χ2v) is 9.85. The number of ether oxygens (including phenoxy) is 1. The van der Waals surface area contributed by atoms with E-state index in [0.717, 1.165) is 24.8 Å². The number of rotatable bonds is 8. The highest BCUT2D eigenvalue weighted by atomic mass is 32.1. The molecule has 1 saturated carbocycles. The molecule has 0 spiro atoms. The number of carbonyl (C=O) groups is 2. The monoisotopic (exact) mass is 459 g/mol. The van der Waals surface area contributed by atoms with Crippen molar-refractivity contribution in [3.8, 4) is 5.75 Å². The zero-order chi connectivity index (χ0) is 22.7. The predicted octanol–water partition coefficient (Wildman–Crippen LogP) is 4.22. The van der Waals surface area contributed by atoms with Gasteiger partial charge in [0.05, 0.1) is 6.04 Å². The molecule has 1 aromatic heterocycles. The smallest absolute Gasteiger partial charge is 0.318 e. The summed E-state index contributed by atoms with van der Waals surface area (Å²) in [7, 11) is 0. The summed E-state index contributed by atoms with van der Waals surface area (Å²) in [5.41, 5.74) is 1.09. The van der Waals surface area contributed by atoms with Crippen molar-refractivity contribution in [1.82, 2.24) is 15.1 Å². The van der Waals surface area contributed by atoms with E-state index in [2.05, 4.69) is 5.32 Å². The van der Waals surface area contributed by atoms with Crippen molar-refractivity contribution >= 4 is 23.3 Å². The minimum Gasteiger partial charge on any atom is -0.491 e. The topological polar surface area (TPSA) is 61.9 Å². The van der Waals surface area contributed by atoms with Crippen LogP contribution in [0.3, 0.4) is 0 Å². The van der Waals surface area contributed by atoms with Crippen molar-refractivity contribution in [3.63, 3.8) is 0 Å². The van der Waals surface area contributed by atoms with E-state index in [-0.39, 0.29) is 43.0 Å². The molecule has 1 aromatic carbocycles. The molecule has 0 radical (unpaired) electrons. The number of fused-ring (bicyclic) bond motifs is 1. The number of carbonyl (C=O) groups excluding carboxylic acids is 2. The van der Waals surface area contributed by atoms with Crippen molar-refractivity contribution < 1.29 is 18.7 Å². The van der Waals surface area contributed by atoms with Gasteiger partial charge in [-0.1, -0.05) is 0 Å². The number of nitrogens with zero attached hydrogens (tertiary/aromatic N) is 2. The molecule has 1 fully saturated rings. The molecule has 2 heterocycles. The summed E-state index contributed by atoms with van der Waals surface area (Å²) in [4.78, 5) is 30.9. The molecular weight excluding hydrogens is 429 g/mol. The van der Waals surface area contributed by atoms with Gasteiger partial charge in [0.15, 0.2) is 0 Å². The quantitative estimate of drug-likeness (QED) is 0.643. The van der Waals surface area contributed by atoms with Gasteiger partial charge in [-0.05, 0) is 80.3 Å². The third-order valence-corrected chi connectivity index (χ3v) is 6.83. The number of amides is 3. The third-order valence-electron chi connectivity index (χ3n) is 5.84. The highest BCUT2D eigenvalue weighted by Gasteiger charge is 2.35. The first kappa shape index (κ1) is 22.6. The SMILES string of the molecule is CC(C)NC(=O)N(CC(=O)N1CCc2sccc2C1COc1ccc(F)cc1)CC1CC1. The maximum Gasteiger partial charge on any atom is 0.318 e. The highest BCUT2D eigenvalue weighted by molar-refractivity contribution is 7.10. The summed E-state index contributed by atoms with van der Waals surface area (Å²) in [6.07, 6.45) is 3.01. The van der Waals surface area contributed by atoms with Gasteiger partial charge in [-0.3, -0.25) is 4.79 Å². The summed E-state index contributed by atoms with van der Waals surface area (Å²) in [6.45, 7) is 5.37. The Kier molecular flexibility index (Phi) is 6.98. The van der Waals surface area contributed by atoms with Crippen molar-refractivity contribution in [3.05, 3.63) is 52.0 Å². The van der Waals surface area contributed by atoms with Crippen LogP contribution in [0.1, 0.15) is 43.2 Å². The Morgan fingerprint density at radius 1 is 1.25 bits per heavy atom. The number of halogens is 1. The lowest BCUT2D eigenvalue weighted by Crippen LogP contribution is -2.51. The molecule has 1 atom stereocenters. The maximum absolute atomic E-state index is 13.4. The lowest BCUT2D eigenvalue weighted by molar-refractivity contribution is -0.135. The lowest BCUT2D eigenvalue weighted by atomic mass is 10.0. The van der Waals surface area contributed by atoms with Gasteiger partial charge in [-0.25, -0.2) is 9.18 Å². The van der Waals surface area contributed by atoms with Crippen LogP contribution in [0, 0.1) is 11.7 Å². The molecule has 0 bridgehead atoms. The number of urea groups is 1. The Morgan fingerprint density at radius 3 is 2.69 bits per heavy atom. The van der Waals surface area contributed by atoms with Crippen LogP contribution in [-0.4, -0.2) is 54.0 Å². The Hall–Kier alpha value is -2.61. The van der Waals surface area contributed by atoms with Gasteiger partial charge < -0.3 is 19.9 Å². The molecule has 2 aliphatic rings. The first-order valence-corrected chi connectivity index (χ1v) is 12.1. The van der Waals surface area contributed by atoms with Crippen LogP contribution in [-0.2, 0) is 11.2 Å². The van der Waals surface area contributed by atoms with E-state index < -0.39 is 0 Å². The van der Waals surface area contributed by atoms with E-state index in [1.807, 2.05) is 30.2 Å². The largest absolute Gasteiger partial charge is 0.491 e. The number of hydrogen-bond acceptors (Lipinski definition) is 4. The Morgan fingerprint density at radius 2 is 2.00 bits per heavy atom. The summed E-state index contributed by atoms with van der Waals surface area (Å²) in [5, 5.41) is 4.96. The number of thiophene rings is 1. The summed E-state index contributed by atoms with van der Waals surface area (Å²) >= 11 is 1.69. The molecule has 3 amide bonds. The zero-order valence-electron chi connectivity index (χ0n) is 18.6. The van der Waals surface area contributed by atoms with Crippen LogP contribution >= 0.6 is 11.3 Å². The van der Waals surface area contributed by atoms with E-state index >= 15 is 0 Å². The van der Waals surface area contributed by atoms with Gasteiger partial charge in [0.1, 0.15) is 24.7 Å². The van der Waals surface area contributed by atoms with Crippen molar-refractivity contribution in [1.29, 1.82) is 0 Å². The average Bonchev–Trinajstić information content (AvgIpc) is 3.44. The second-order valence-electron chi connectivity index (χ2n) is 8.85. The van der Waals surface area contributed by atoms with Crippen LogP contribution in [0.4, 0.5) is 9.18 Å². The Bertz CT molecular complexity index is 942. The van der Waals surface area contributed by atoms with Crippen molar-refractivity contribution in [2.75, 3.05) is 26.2 Å². The maximum atomic E-state index is 13.4. The van der Waals surface area contributed by atoms with Crippen LogP contribution in [0.15, 0.2) is 35.7 Å². The Labute approximate surface area is 192 Å². The van der Waals surface area contributed by atoms with E-state index in [4.69, 9.17) is 4.74 Å². The van der Waals surface area contributed by atoms with Crippen LogP contribution < -0.4 is 10.1 Å². The average molecular weight is 460 g/mol. The van der Waals surface area contributed by atoms with E-state index in [1.165, 1.54) is 17.0 Å². The summed E-state index contributed by atoms with van der Waals surface area (Å²) in [5.74, 6) is 0.660. The minimum absolute atomic E-state index is 0.0134. The van der Waals surface area contributed by atoms with Gasteiger partial charge in [-0.2, -0.15) is 0 Å². The molecule has 1 aliphatic carbocycles. The fraction of sp³-hybridized carbons (Fsp3) is 0.500. The summed E-state index contributed by atoms with van der Waals surface area (Å²) < 4.78 is 19.2. The number of nitrogens with one attached hydrogen (secondary N) is 1. The normalized spacial score (nSPS) is 17.8. The molecule has 1 aliphatic heterocycles. The third kappa shape index (κ3) is 5.59. The van der Waals surface area contributed by atoms with Crippen LogP contribution in [0.25, 0.3) is 0 Å². The van der Waals surface area contributed by atoms with E-state index in [1.54, 1.807) is 28.4 Å². The van der Waals surface area contributed by atoms with Crippen molar-refractivity contribution in [2.45, 2.75) is 45.2 Å². The Balaban J connectivity index is 1.48. The minimum atomic E-state index is -0.317. The first-order chi connectivity index (χ1) is 15.4. The first-order valence-electron chi connectivity index (χ1n) is 11.2. The molecule has 1 N–H and O–H groups in total. The molecule has 6 nitrogen and oxygen atoms in total. The van der Waals surface area contributed by atoms with Gasteiger partial charge in [0, 0.05) is 24.0 Å². The van der Waals surface area contributed by atoms with Gasteiger partial charge in [0.25, 0.3) is 0 Å². The van der Waals surface area contributed by atoms with Gasteiger partial charge in [0.2, 0.25) is 5.91 Å². The number of hydrogen-bond donors (Lipinski definition) is 1. The molecule has 172 valence electrons. The fourth-order valence-corrected chi connectivity index (χ4v) is 4.93. The molecule has 4 rings (SSSR count). The van der Waals surface area contributed by atoms with Gasteiger partial charge >= 0.3 is 6.03 Å². The number of benzene rings is 1. The molecule has 32 heavy (non-hydrogen) atoms. The van der Waals surface area contributed by atoms with E-state index in [0.29, 0.717) is 24.8 Å². The zero-order valence-corrected chi connectivity index (χ0v) is 19.4. The summed E-state index contributed by atoms with van der Waals surface area (Å²) in [6, 6.07) is 7.53. The predicted molar refractivity (Wildman–Crippen MR) is 122 cm³/mol. The lowest BCUT2D eigenvalue weighted by Gasteiger charge is -2.37. The molecule has 2 aromatic rings. The van der Waals surface area contributed by atoms with Gasteiger partial charge in [-0.15, -0.1) is 11.3 Å². The molecule has 8 heteroatoms.